The number of hydrogen-bond donors (Lipinski definition) is 0. The van der Waals surface area contributed by atoms with Crippen LogP contribution in [0.1, 0.15) is 11.1 Å². The van der Waals surface area contributed by atoms with E-state index in [2.05, 4.69) is 12.1 Å². The maximum atomic E-state index is 9.69. The fraction of sp³-hybridized carbons (Fsp3) is 0. The van der Waals surface area contributed by atoms with E-state index in [1.165, 1.54) is 0 Å². The van der Waals surface area contributed by atoms with Crippen LogP contribution in [0.25, 0.3) is 45.3 Å². The van der Waals surface area contributed by atoms with Crippen LogP contribution in [0, 0.1) is 22.7 Å². The van der Waals surface area contributed by atoms with E-state index in [1.807, 2.05) is 78.9 Å². The molecule has 0 aliphatic heterocycles. The fourth-order valence-corrected chi connectivity index (χ4v) is 3.69. The van der Waals surface area contributed by atoms with Crippen molar-refractivity contribution in [2.24, 2.45) is 0 Å². The molecule has 0 bridgehead atoms. The highest BCUT2D eigenvalue weighted by Crippen LogP contribution is 2.29. The van der Waals surface area contributed by atoms with Gasteiger partial charge in [-0.1, -0.05) is 72.8 Å². The first-order valence-electron chi connectivity index (χ1n) is 10.7. The molecule has 158 valence electrons. The molecule has 0 fully saturated rings. The van der Waals surface area contributed by atoms with Gasteiger partial charge in [0.1, 0.15) is 0 Å². The predicted molar refractivity (Wildman–Crippen MR) is 131 cm³/mol. The molecule has 34 heavy (non-hydrogen) atoms. The van der Waals surface area contributed by atoms with E-state index in [9.17, 15) is 10.5 Å². The third-order valence-electron chi connectivity index (χ3n) is 5.34. The van der Waals surface area contributed by atoms with Crippen LogP contribution < -0.4 is 0 Å². The van der Waals surface area contributed by atoms with Crippen LogP contribution in [0.15, 0.2) is 103 Å². The highest BCUT2D eigenvalue weighted by atomic mass is 15.0. The number of aromatic nitrogens is 3. The molecule has 0 amide bonds. The Morgan fingerprint density at radius 1 is 0.412 bits per heavy atom. The lowest BCUT2D eigenvalue weighted by Gasteiger charge is -2.10. The Labute approximate surface area is 197 Å². The van der Waals surface area contributed by atoms with Gasteiger partial charge in [0, 0.05) is 16.7 Å². The lowest BCUT2D eigenvalue weighted by Crippen LogP contribution is -2.00. The van der Waals surface area contributed by atoms with E-state index in [-0.39, 0.29) is 0 Å². The van der Waals surface area contributed by atoms with Crippen LogP contribution in [0.5, 0.6) is 0 Å². The van der Waals surface area contributed by atoms with Gasteiger partial charge in [-0.15, -0.1) is 0 Å². The van der Waals surface area contributed by atoms with Gasteiger partial charge in [-0.3, -0.25) is 0 Å². The predicted octanol–water partition coefficient (Wildman–Crippen LogP) is 6.28. The second-order valence-corrected chi connectivity index (χ2v) is 7.64. The first-order valence-corrected chi connectivity index (χ1v) is 10.7. The summed E-state index contributed by atoms with van der Waals surface area (Å²) in [5, 5.41) is 19.0. The van der Waals surface area contributed by atoms with Crippen molar-refractivity contribution in [3.8, 4) is 57.4 Å². The zero-order valence-electron chi connectivity index (χ0n) is 18.1. The molecule has 0 unspecified atom stereocenters. The van der Waals surface area contributed by atoms with E-state index < -0.39 is 0 Å². The van der Waals surface area contributed by atoms with E-state index >= 15 is 0 Å². The summed E-state index contributed by atoms with van der Waals surface area (Å²) in [6, 6.07) is 36.7. The van der Waals surface area contributed by atoms with E-state index in [4.69, 9.17) is 15.0 Å². The molecular weight excluding hydrogens is 418 g/mol. The molecule has 0 aliphatic rings. The van der Waals surface area contributed by atoms with Crippen molar-refractivity contribution in [3.63, 3.8) is 0 Å². The van der Waals surface area contributed by atoms with Gasteiger partial charge in [0.2, 0.25) is 0 Å². The van der Waals surface area contributed by atoms with Crippen LogP contribution in [0.4, 0.5) is 0 Å². The maximum Gasteiger partial charge on any atom is 0.164 e. The van der Waals surface area contributed by atoms with E-state index in [1.54, 1.807) is 24.3 Å². The summed E-state index contributed by atoms with van der Waals surface area (Å²) in [5.74, 6) is 1.59. The molecule has 0 saturated carbocycles. The van der Waals surface area contributed by atoms with Gasteiger partial charge in [0.25, 0.3) is 0 Å². The average Bonchev–Trinajstić information content (AvgIpc) is 2.93. The molecule has 0 radical (unpaired) electrons. The van der Waals surface area contributed by atoms with Gasteiger partial charge in [0.15, 0.2) is 17.5 Å². The van der Waals surface area contributed by atoms with Gasteiger partial charge < -0.3 is 0 Å². The van der Waals surface area contributed by atoms with E-state index in [0.29, 0.717) is 34.2 Å². The molecular formula is C29H17N5. The molecule has 0 spiro atoms. The average molecular weight is 435 g/mol. The van der Waals surface area contributed by atoms with Crippen molar-refractivity contribution in [2.45, 2.75) is 0 Å². The van der Waals surface area contributed by atoms with Crippen LogP contribution >= 0.6 is 0 Å². The monoisotopic (exact) mass is 435 g/mol. The Hall–Kier alpha value is -5.13. The first-order chi connectivity index (χ1) is 16.7. The van der Waals surface area contributed by atoms with Crippen molar-refractivity contribution < 1.29 is 0 Å². The fourth-order valence-electron chi connectivity index (χ4n) is 3.69. The summed E-state index contributed by atoms with van der Waals surface area (Å²) in [4.78, 5) is 14.2. The molecule has 5 heteroatoms. The van der Waals surface area contributed by atoms with Crippen LogP contribution in [-0.4, -0.2) is 15.0 Å². The molecule has 0 atom stereocenters. The third kappa shape index (κ3) is 4.27. The maximum absolute atomic E-state index is 9.69. The zero-order chi connectivity index (χ0) is 23.3. The van der Waals surface area contributed by atoms with Gasteiger partial charge in [-0.05, 0) is 41.5 Å². The Morgan fingerprint density at radius 2 is 0.882 bits per heavy atom. The standard InChI is InChI=1S/C29H17N5/c30-18-20-8-7-13-24(14-20)25-15-21(19-31)16-26(17-25)29-33-27(22-9-3-1-4-10-22)32-28(34-29)23-11-5-2-6-12-23/h1-17H. The van der Waals surface area contributed by atoms with Gasteiger partial charge in [0.05, 0.1) is 23.3 Å². The minimum Gasteiger partial charge on any atom is -0.208 e. The Morgan fingerprint density at radius 3 is 1.44 bits per heavy atom. The summed E-state index contributed by atoms with van der Waals surface area (Å²) in [7, 11) is 0. The minimum atomic E-state index is 0.475. The molecule has 1 heterocycles. The Bertz CT molecular complexity index is 1500. The molecule has 4 aromatic carbocycles. The lowest BCUT2D eigenvalue weighted by molar-refractivity contribution is 1.07. The topological polar surface area (TPSA) is 86.2 Å². The SMILES string of the molecule is N#Cc1cccc(-c2cc(C#N)cc(-c3nc(-c4ccccc4)nc(-c4ccccc4)n3)c2)c1. The van der Waals surface area contributed by atoms with Gasteiger partial charge in [-0.25, -0.2) is 15.0 Å². The quantitative estimate of drug-likeness (QED) is 0.331. The number of benzene rings is 4. The molecule has 1 aromatic heterocycles. The Balaban J connectivity index is 1.71. The van der Waals surface area contributed by atoms with E-state index in [0.717, 1.165) is 22.3 Å². The molecule has 5 aromatic rings. The van der Waals surface area contributed by atoms with Gasteiger partial charge in [-0.2, -0.15) is 10.5 Å². The van der Waals surface area contributed by atoms with Gasteiger partial charge >= 0.3 is 0 Å². The van der Waals surface area contributed by atoms with Crippen LogP contribution in [0.2, 0.25) is 0 Å². The van der Waals surface area contributed by atoms with Crippen molar-refractivity contribution in [1.29, 1.82) is 10.5 Å². The molecule has 0 N–H and O–H groups in total. The number of rotatable bonds is 4. The highest BCUT2D eigenvalue weighted by Gasteiger charge is 2.14. The first kappa shape index (κ1) is 20.8. The second-order valence-electron chi connectivity index (χ2n) is 7.64. The van der Waals surface area contributed by atoms with Crippen molar-refractivity contribution in [2.75, 3.05) is 0 Å². The summed E-state index contributed by atoms with van der Waals surface area (Å²) in [6.45, 7) is 0. The largest absolute Gasteiger partial charge is 0.208 e. The second kappa shape index (κ2) is 9.16. The summed E-state index contributed by atoms with van der Waals surface area (Å²) < 4.78 is 0. The van der Waals surface area contributed by atoms with Crippen molar-refractivity contribution in [1.82, 2.24) is 15.0 Å². The summed E-state index contributed by atoms with van der Waals surface area (Å²) in [6.07, 6.45) is 0. The summed E-state index contributed by atoms with van der Waals surface area (Å²) in [5.41, 5.74) is 5.15. The van der Waals surface area contributed by atoms with Crippen LogP contribution in [0.3, 0.4) is 0 Å². The smallest absolute Gasteiger partial charge is 0.164 e. The molecule has 0 aliphatic carbocycles. The summed E-state index contributed by atoms with van der Waals surface area (Å²) >= 11 is 0. The molecule has 0 saturated heterocycles. The number of nitrogens with zero attached hydrogens (tertiary/aromatic N) is 5. The molecule has 5 rings (SSSR count). The molecule has 5 nitrogen and oxygen atoms in total. The zero-order valence-corrected chi connectivity index (χ0v) is 18.1. The van der Waals surface area contributed by atoms with Crippen molar-refractivity contribution >= 4 is 0 Å². The number of nitriles is 2. The Kier molecular flexibility index (Phi) is 5.59. The highest BCUT2D eigenvalue weighted by molar-refractivity contribution is 5.75. The number of hydrogen-bond acceptors (Lipinski definition) is 5. The normalized spacial score (nSPS) is 10.3. The lowest BCUT2D eigenvalue weighted by atomic mass is 9.98. The third-order valence-corrected chi connectivity index (χ3v) is 5.34. The van der Waals surface area contributed by atoms with Crippen molar-refractivity contribution in [3.05, 3.63) is 114 Å². The minimum absolute atomic E-state index is 0.475. The van der Waals surface area contributed by atoms with Crippen LogP contribution in [-0.2, 0) is 0 Å².